The Morgan fingerprint density at radius 3 is 2.79 bits per heavy atom. The molecule has 1 rings (SSSR count). The van der Waals surface area contributed by atoms with Gasteiger partial charge in [0.05, 0.1) is 17.8 Å². The predicted molar refractivity (Wildman–Crippen MR) is 48.9 cm³/mol. The molecule has 2 N–H and O–H groups in total. The lowest BCUT2D eigenvalue weighted by Crippen LogP contribution is -2.08. The number of hydrogen-bond acceptors (Lipinski definition) is 4. The highest BCUT2D eigenvalue weighted by Gasteiger charge is 2.11. The van der Waals surface area contributed by atoms with E-state index in [9.17, 15) is 9.18 Å². The van der Waals surface area contributed by atoms with Gasteiger partial charge < -0.3 is 15.2 Å². The molecule has 0 aliphatic rings. The molecule has 4 nitrogen and oxygen atoms in total. The maximum Gasteiger partial charge on any atom is 0.513 e. The van der Waals surface area contributed by atoms with Crippen LogP contribution in [0.15, 0.2) is 12.1 Å². The summed E-state index contributed by atoms with van der Waals surface area (Å²) in [5, 5.41) is -0.0536. The first-order chi connectivity index (χ1) is 6.54. The number of halogens is 2. The molecular formula is C8H7ClFNO3. The normalized spacial score (nSPS) is 9.64. The Bertz CT molecular complexity index is 370. The molecule has 0 radical (unpaired) electrons. The lowest BCUT2D eigenvalue weighted by molar-refractivity contribution is 0.121. The molecule has 0 heterocycles. The molecule has 0 bridgehead atoms. The quantitative estimate of drug-likeness (QED) is 0.447. The van der Waals surface area contributed by atoms with Crippen LogP contribution < -0.4 is 10.5 Å². The zero-order chi connectivity index (χ0) is 10.7. The van der Waals surface area contributed by atoms with Crippen LogP contribution in [0.3, 0.4) is 0 Å². The molecule has 0 spiro atoms. The van der Waals surface area contributed by atoms with E-state index in [0.717, 1.165) is 19.2 Å². The van der Waals surface area contributed by atoms with Crippen LogP contribution in [0.1, 0.15) is 0 Å². The highest BCUT2D eigenvalue weighted by molar-refractivity contribution is 6.32. The van der Waals surface area contributed by atoms with Gasteiger partial charge in [-0.25, -0.2) is 9.18 Å². The van der Waals surface area contributed by atoms with Gasteiger partial charge in [-0.3, -0.25) is 0 Å². The molecule has 1 aromatic carbocycles. The van der Waals surface area contributed by atoms with Gasteiger partial charge in [-0.2, -0.15) is 0 Å². The van der Waals surface area contributed by atoms with E-state index in [1.165, 1.54) is 0 Å². The fourth-order valence-electron chi connectivity index (χ4n) is 0.755. The first kappa shape index (κ1) is 10.6. The lowest BCUT2D eigenvalue weighted by Gasteiger charge is -2.05. The van der Waals surface area contributed by atoms with Crippen molar-refractivity contribution in [1.29, 1.82) is 0 Å². The molecular weight excluding hydrogens is 213 g/mol. The summed E-state index contributed by atoms with van der Waals surface area (Å²) in [5.74, 6) is -0.718. The summed E-state index contributed by atoms with van der Waals surface area (Å²) in [4.78, 5) is 10.7. The lowest BCUT2D eigenvalue weighted by atomic mass is 10.3. The number of methoxy groups -OCH3 is 1. The van der Waals surface area contributed by atoms with Crippen LogP contribution in [0.4, 0.5) is 14.9 Å². The van der Waals surface area contributed by atoms with Crippen molar-refractivity contribution >= 4 is 23.4 Å². The number of benzene rings is 1. The van der Waals surface area contributed by atoms with Crippen molar-refractivity contribution in [2.75, 3.05) is 12.8 Å². The zero-order valence-corrected chi connectivity index (χ0v) is 7.97. The number of hydrogen-bond donors (Lipinski definition) is 1. The minimum absolute atomic E-state index is 0.0441. The molecule has 76 valence electrons. The van der Waals surface area contributed by atoms with Crippen molar-refractivity contribution in [3.05, 3.63) is 23.0 Å². The fraction of sp³-hybridized carbons (Fsp3) is 0.125. The first-order valence-electron chi connectivity index (χ1n) is 3.55. The Balaban J connectivity index is 2.98. The van der Waals surface area contributed by atoms with Crippen molar-refractivity contribution in [1.82, 2.24) is 0 Å². The van der Waals surface area contributed by atoms with E-state index in [-0.39, 0.29) is 16.5 Å². The average Bonchev–Trinajstić information content (AvgIpc) is 2.14. The van der Waals surface area contributed by atoms with Gasteiger partial charge in [-0.15, -0.1) is 0 Å². The van der Waals surface area contributed by atoms with E-state index >= 15 is 0 Å². The van der Waals surface area contributed by atoms with E-state index in [4.69, 9.17) is 17.3 Å². The third-order valence-electron chi connectivity index (χ3n) is 1.41. The molecule has 1 aromatic rings. The SMILES string of the molecule is COC(=O)Oc1cc(N)c(F)cc1Cl. The van der Waals surface area contributed by atoms with Gasteiger partial charge in [0.2, 0.25) is 0 Å². The van der Waals surface area contributed by atoms with Crippen LogP contribution in [0.25, 0.3) is 0 Å². The van der Waals surface area contributed by atoms with Crippen LogP contribution in [-0.2, 0) is 4.74 Å². The Morgan fingerprint density at radius 1 is 1.57 bits per heavy atom. The van der Waals surface area contributed by atoms with Gasteiger partial charge in [0.1, 0.15) is 5.82 Å². The third-order valence-corrected chi connectivity index (χ3v) is 1.71. The van der Waals surface area contributed by atoms with E-state index in [1.54, 1.807) is 0 Å². The molecule has 0 saturated heterocycles. The van der Waals surface area contributed by atoms with Crippen LogP contribution in [0.5, 0.6) is 5.75 Å². The summed E-state index contributed by atoms with van der Waals surface area (Å²) in [6.07, 6.45) is -0.946. The first-order valence-corrected chi connectivity index (χ1v) is 3.92. The molecule has 0 saturated carbocycles. The Kier molecular flexibility index (Phi) is 3.14. The summed E-state index contributed by atoms with van der Waals surface area (Å²) >= 11 is 5.57. The monoisotopic (exact) mass is 219 g/mol. The smallest absolute Gasteiger partial charge is 0.437 e. The Morgan fingerprint density at radius 2 is 2.21 bits per heavy atom. The van der Waals surface area contributed by atoms with Crippen molar-refractivity contribution in [3.8, 4) is 5.75 Å². The minimum Gasteiger partial charge on any atom is -0.437 e. The van der Waals surface area contributed by atoms with Crippen molar-refractivity contribution < 1.29 is 18.7 Å². The molecule has 0 amide bonds. The Labute approximate surface area is 84.4 Å². The second kappa shape index (κ2) is 4.15. The van der Waals surface area contributed by atoms with Gasteiger partial charge in [-0.05, 0) is 6.07 Å². The number of carbonyl (C=O) groups excluding carboxylic acids is 1. The van der Waals surface area contributed by atoms with Crippen LogP contribution in [0, 0.1) is 5.82 Å². The summed E-state index contributed by atoms with van der Waals surface area (Å²) < 4.78 is 21.6. The van der Waals surface area contributed by atoms with Crippen molar-refractivity contribution in [3.63, 3.8) is 0 Å². The van der Waals surface area contributed by atoms with E-state index < -0.39 is 12.0 Å². The molecule has 0 atom stereocenters. The van der Waals surface area contributed by atoms with Crippen LogP contribution in [-0.4, -0.2) is 13.3 Å². The van der Waals surface area contributed by atoms with Gasteiger partial charge in [0.15, 0.2) is 5.75 Å². The van der Waals surface area contributed by atoms with Gasteiger partial charge in [-0.1, -0.05) is 11.6 Å². The highest BCUT2D eigenvalue weighted by atomic mass is 35.5. The second-order valence-corrected chi connectivity index (χ2v) is 2.77. The minimum atomic E-state index is -0.946. The largest absolute Gasteiger partial charge is 0.513 e. The highest BCUT2D eigenvalue weighted by Crippen LogP contribution is 2.29. The van der Waals surface area contributed by atoms with Gasteiger partial charge in [0, 0.05) is 6.07 Å². The standard InChI is InChI=1S/C8H7ClFNO3/c1-13-8(12)14-7-3-6(11)5(10)2-4(7)9/h2-3H,11H2,1H3. The summed E-state index contributed by atoms with van der Waals surface area (Å²) in [6, 6.07) is 2.06. The number of nitrogens with two attached hydrogens (primary N) is 1. The number of nitrogen functional groups attached to an aromatic ring is 1. The molecule has 0 aliphatic heterocycles. The molecule has 0 unspecified atom stereocenters. The summed E-state index contributed by atoms with van der Waals surface area (Å²) in [5.41, 5.74) is 5.08. The molecule has 0 aromatic heterocycles. The summed E-state index contributed by atoms with van der Waals surface area (Å²) in [7, 11) is 1.14. The fourth-order valence-corrected chi connectivity index (χ4v) is 0.943. The Hall–Kier alpha value is -1.49. The summed E-state index contributed by atoms with van der Waals surface area (Å²) in [6.45, 7) is 0. The molecule has 0 aliphatic carbocycles. The molecule has 14 heavy (non-hydrogen) atoms. The van der Waals surface area contributed by atoms with Crippen molar-refractivity contribution in [2.24, 2.45) is 0 Å². The maximum absolute atomic E-state index is 12.8. The van der Waals surface area contributed by atoms with Crippen LogP contribution in [0.2, 0.25) is 5.02 Å². The zero-order valence-electron chi connectivity index (χ0n) is 7.21. The van der Waals surface area contributed by atoms with E-state index in [0.29, 0.717) is 0 Å². The molecule has 6 heteroatoms. The maximum atomic E-state index is 12.8. The van der Waals surface area contributed by atoms with E-state index in [2.05, 4.69) is 9.47 Å². The number of ether oxygens (including phenoxy) is 2. The molecule has 0 fully saturated rings. The van der Waals surface area contributed by atoms with Gasteiger partial charge in [0.25, 0.3) is 0 Å². The number of anilines is 1. The number of rotatable bonds is 1. The predicted octanol–water partition coefficient (Wildman–Crippen LogP) is 2.21. The second-order valence-electron chi connectivity index (χ2n) is 2.36. The topological polar surface area (TPSA) is 61.5 Å². The van der Waals surface area contributed by atoms with Crippen LogP contribution >= 0.6 is 11.6 Å². The third kappa shape index (κ3) is 2.26. The average molecular weight is 220 g/mol. The van der Waals surface area contributed by atoms with E-state index in [1.807, 2.05) is 0 Å². The van der Waals surface area contributed by atoms with Gasteiger partial charge >= 0.3 is 6.16 Å². The number of carbonyl (C=O) groups is 1. The van der Waals surface area contributed by atoms with Crippen molar-refractivity contribution in [2.45, 2.75) is 0 Å².